The molecule has 2 aromatic rings. The third kappa shape index (κ3) is 5.31. The van der Waals surface area contributed by atoms with Crippen LogP contribution in [-0.2, 0) is 17.8 Å². The Labute approximate surface area is 148 Å². The fourth-order valence-corrected chi connectivity index (χ4v) is 3.96. The molecule has 0 saturated heterocycles. The van der Waals surface area contributed by atoms with E-state index in [1.807, 2.05) is 23.6 Å². The number of thiophene rings is 1. The highest BCUT2D eigenvalue weighted by Gasteiger charge is 2.12. The van der Waals surface area contributed by atoms with Gasteiger partial charge in [0.25, 0.3) is 5.56 Å². The minimum absolute atomic E-state index is 0.0107. The Morgan fingerprint density at radius 2 is 2.12 bits per heavy atom. The molecule has 1 amide bonds. The maximum absolute atomic E-state index is 12.3. The summed E-state index contributed by atoms with van der Waals surface area (Å²) in [5.41, 5.74) is -0.300. The van der Waals surface area contributed by atoms with Crippen molar-refractivity contribution in [1.82, 2.24) is 14.9 Å². The fourth-order valence-electron chi connectivity index (χ4n) is 1.99. The predicted octanol–water partition coefficient (Wildman–Crippen LogP) is 1.98. The quantitative estimate of drug-likeness (QED) is 0.439. The number of carbonyl (C=O) groups excluding carboxylic acids is 2. The highest BCUT2D eigenvalue weighted by Crippen LogP contribution is 2.21. The van der Waals surface area contributed by atoms with Crippen LogP contribution in [0.25, 0.3) is 0 Å². The molecule has 0 bridgehead atoms. The first-order chi connectivity index (χ1) is 11.5. The first-order valence-corrected chi connectivity index (χ1v) is 9.36. The van der Waals surface area contributed by atoms with Gasteiger partial charge >= 0.3 is 0 Å². The Morgan fingerprint density at radius 3 is 2.83 bits per heavy atom. The minimum Gasteiger partial charge on any atom is -0.356 e. The average Bonchev–Trinajstić information content (AvgIpc) is 3.01. The second-order valence-electron chi connectivity index (χ2n) is 5.05. The molecule has 0 aliphatic heterocycles. The van der Waals surface area contributed by atoms with Gasteiger partial charge in [0.1, 0.15) is 0 Å². The second kappa shape index (κ2) is 8.79. The Hall–Kier alpha value is -1.93. The first-order valence-electron chi connectivity index (χ1n) is 7.56. The van der Waals surface area contributed by atoms with Crippen LogP contribution < -0.4 is 10.9 Å². The average molecular weight is 365 g/mol. The largest absolute Gasteiger partial charge is 0.356 e. The van der Waals surface area contributed by atoms with Crippen LogP contribution in [0.1, 0.15) is 28.4 Å². The molecule has 0 aliphatic carbocycles. The normalized spacial score (nSPS) is 10.6. The van der Waals surface area contributed by atoms with Gasteiger partial charge in [-0.25, -0.2) is 0 Å². The molecule has 2 rings (SSSR count). The molecule has 1 N–H and O–H groups in total. The summed E-state index contributed by atoms with van der Waals surface area (Å²) in [5.74, 6) is 0.190. The monoisotopic (exact) mass is 365 g/mol. The SMILES string of the molecule is CCn1ccc(=O)nc1SCC(=O)c1ccc(CCNC(C)=O)s1. The molecule has 2 heterocycles. The number of carbonyl (C=O) groups is 2. The van der Waals surface area contributed by atoms with E-state index >= 15 is 0 Å². The van der Waals surface area contributed by atoms with Crippen molar-refractivity contribution in [3.63, 3.8) is 0 Å². The van der Waals surface area contributed by atoms with Crippen LogP contribution in [-0.4, -0.2) is 33.5 Å². The smallest absolute Gasteiger partial charge is 0.273 e. The van der Waals surface area contributed by atoms with Crippen molar-refractivity contribution in [2.24, 2.45) is 0 Å². The van der Waals surface area contributed by atoms with Crippen LogP contribution in [0.4, 0.5) is 0 Å². The molecule has 0 unspecified atom stereocenters. The van der Waals surface area contributed by atoms with Crippen molar-refractivity contribution in [2.45, 2.75) is 32.0 Å². The number of rotatable bonds is 8. The zero-order chi connectivity index (χ0) is 17.5. The topological polar surface area (TPSA) is 81.1 Å². The summed E-state index contributed by atoms with van der Waals surface area (Å²) in [6.07, 6.45) is 2.40. The lowest BCUT2D eigenvalue weighted by Gasteiger charge is -2.07. The summed E-state index contributed by atoms with van der Waals surface area (Å²) in [6.45, 7) is 4.69. The number of thioether (sulfide) groups is 1. The van der Waals surface area contributed by atoms with Crippen molar-refractivity contribution in [2.75, 3.05) is 12.3 Å². The number of amides is 1. The fraction of sp³-hybridized carbons (Fsp3) is 0.375. The number of nitrogens with zero attached hydrogens (tertiary/aromatic N) is 2. The van der Waals surface area contributed by atoms with Crippen molar-refractivity contribution in [3.05, 3.63) is 44.5 Å². The summed E-state index contributed by atoms with van der Waals surface area (Å²) in [4.78, 5) is 40.2. The van der Waals surface area contributed by atoms with E-state index in [4.69, 9.17) is 0 Å². The molecule has 8 heteroatoms. The highest BCUT2D eigenvalue weighted by atomic mass is 32.2. The van der Waals surface area contributed by atoms with Crippen LogP contribution in [0.15, 0.2) is 34.3 Å². The molecule has 0 aromatic carbocycles. The molecule has 0 radical (unpaired) electrons. The van der Waals surface area contributed by atoms with Crippen molar-refractivity contribution in [3.8, 4) is 0 Å². The Morgan fingerprint density at radius 1 is 1.33 bits per heavy atom. The number of ketones is 1. The van der Waals surface area contributed by atoms with E-state index in [-0.39, 0.29) is 23.0 Å². The summed E-state index contributed by atoms with van der Waals surface area (Å²) in [6, 6.07) is 5.13. The molecule has 24 heavy (non-hydrogen) atoms. The molecule has 6 nitrogen and oxygen atoms in total. The van der Waals surface area contributed by atoms with Crippen LogP contribution >= 0.6 is 23.1 Å². The molecular formula is C16H19N3O3S2. The van der Waals surface area contributed by atoms with E-state index in [0.29, 0.717) is 29.5 Å². The number of aromatic nitrogens is 2. The molecule has 0 spiro atoms. The minimum atomic E-state index is -0.300. The highest BCUT2D eigenvalue weighted by molar-refractivity contribution is 7.99. The Bertz CT molecular complexity index is 783. The van der Waals surface area contributed by atoms with Crippen LogP contribution in [0.3, 0.4) is 0 Å². The third-order valence-corrected chi connectivity index (χ3v) is 5.38. The molecule has 0 saturated carbocycles. The maximum atomic E-state index is 12.3. The van der Waals surface area contributed by atoms with E-state index in [1.165, 1.54) is 36.1 Å². The molecule has 0 fully saturated rings. The first kappa shape index (κ1) is 18.4. The van der Waals surface area contributed by atoms with Crippen molar-refractivity contribution in [1.29, 1.82) is 0 Å². The lowest BCUT2D eigenvalue weighted by atomic mass is 10.3. The molecule has 2 aromatic heterocycles. The van der Waals surface area contributed by atoms with E-state index in [2.05, 4.69) is 10.3 Å². The van der Waals surface area contributed by atoms with Gasteiger partial charge in [-0.3, -0.25) is 14.4 Å². The number of hydrogen-bond acceptors (Lipinski definition) is 6. The van der Waals surface area contributed by atoms with Gasteiger partial charge in [-0.15, -0.1) is 11.3 Å². The van der Waals surface area contributed by atoms with Gasteiger partial charge in [-0.2, -0.15) is 4.98 Å². The zero-order valence-electron chi connectivity index (χ0n) is 13.6. The van der Waals surface area contributed by atoms with Crippen LogP contribution in [0.5, 0.6) is 0 Å². The predicted molar refractivity (Wildman–Crippen MR) is 95.9 cm³/mol. The van der Waals surface area contributed by atoms with Gasteiger partial charge in [0.15, 0.2) is 10.9 Å². The van der Waals surface area contributed by atoms with Gasteiger partial charge in [0.05, 0.1) is 10.6 Å². The van der Waals surface area contributed by atoms with E-state index < -0.39 is 0 Å². The number of Topliss-reactive ketones (excluding diaryl/α,β-unsaturated/α-hetero) is 1. The van der Waals surface area contributed by atoms with Gasteiger partial charge < -0.3 is 9.88 Å². The summed E-state index contributed by atoms with van der Waals surface area (Å²) < 4.78 is 1.84. The number of hydrogen-bond donors (Lipinski definition) is 1. The van der Waals surface area contributed by atoms with Crippen LogP contribution in [0, 0.1) is 0 Å². The summed E-state index contributed by atoms with van der Waals surface area (Å²) >= 11 is 2.71. The number of aryl methyl sites for hydroxylation is 1. The van der Waals surface area contributed by atoms with E-state index in [0.717, 1.165) is 4.88 Å². The molecule has 128 valence electrons. The van der Waals surface area contributed by atoms with E-state index in [9.17, 15) is 14.4 Å². The van der Waals surface area contributed by atoms with Gasteiger partial charge in [-0.1, -0.05) is 11.8 Å². The summed E-state index contributed by atoms with van der Waals surface area (Å²) in [7, 11) is 0. The van der Waals surface area contributed by atoms with Crippen molar-refractivity contribution < 1.29 is 9.59 Å². The molecule has 0 atom stereocenters. The standard InChI is InChI=1S/C16H19N3O3S2/c1-3-19-9-7-15(22)18-16(19)23-10-13(21)14-5-4-12(24-14)6-8-17-11(2)20/h4-5,7,9H,3,6,8,10H2,1-2H3,(H,17,20). The van der Waals surface area contributed by atoms with Crippen LogP contribution in [0.2, 0.25) is 0 Å². The zero-order valence-corrected chi connectivity index (χ0v) is 15.2. The van der Waals surface area contributed by atoms with Gasteiger partial charge in [0.2, 0.25) is 5.91 Å². The Kier molecular flexibility index (Phi) is 6.74. The second-order valence-corrected chi connectivity index (χ2v) is 7.16. The molecule has 0 aliphatic rings. The van der Waals surface area contributed by atoms with Gasteiger partial charge in [-0.05, 0) is 25.5 Å². The number of nitrogens with one attached hydrogen (secondary N) is 1. The Balaban J connectivity index is 1.93. The maximum Gasteiger partial charge on any atom is 0.273 e. The molecular weight excluding hydrogens is 346 g/mol. The lowest BCUT2D eigenvalue weighted by molar-refractivity contribution is -0.118. The lowest BCUT2D eigenvalue weighted by Crippen LogP contribution is -2.22. The van der Waals surface area contributed by atoms with Gasteiger partial charge in [0, 0.05) is 37.2 Å². The third-order valence-electron chi connectivity index (χ3n) is 3.20. The van der Waals surface area contributed by atoms with Crippen molar-refractivity contribution >= 4 is 34.8 Å². The summed E-state index contributed by atoms with van der Waals surface area (Å²) in [5, 5.41) is 3.29. The van der Waals surface area contributed by atoms with E-state index in [1.54, 1.807) is 6.20 Å².